The average Bonchev–Trinajstić information content (AvgIpc) is 2.03. The van der Waals surface area contributed by atoms with Crippen molar-refractivity contribution < 1.29 is 9.31 Å². The average molecular weight is 288 g/mol. The van der Waals surface area contributed by atoms with Gasteiger partial charge in [-0.15, -0.1) is 0 Å². The Kier molecular flexibility index (Phi) is 11.9. The normalized spacial score (nSPS) is 10.0. The fourth-order valence-corrected chi connectivity index (χ4v) is 0.948. The largest absolute Gasteiger partial charge is 0.438 e. The van der Waals surface area contributed by atoms with Gasteiger partial charge in [0.05, 0.1) is 0 Å². The standard InChI is InChI=1S/C6H13BBr2O2/c8-3-1-5-10-7-11-6-2-4-9/h7H,1-6H2. The molecule has 0 rings (SSSR count). The van der Waals surface area contributed by atoms with Gasteiger partial charge in [-0.05, 0) is 12.8 Å². The number of hydrogen-bond donors (Lipinski definition) is 0. The van der Waals surface area contributed by atoms with Crippen LogP contribution in [0.5, 0.6) is 0 Å². The van der Waals surface area contributed by atoms with Crippen LogP contribution in [0.25, 0.3) is 0 Å². The van der Waals surface area contributed by atoms with Gasteiger partial charge in [0.15, 0.2) is 0 Å². The SMILES string of the molecule is BrCCCOBOCCCBr. The Bertz CT molecular complexity index is 67.6. The van der Waals surface area contributed by atoms with E-state index in [1.54, 1.807) is 0 Å². The predicted octanol–water partition coefficient (Wildman–Crippen LogP) is 1.86. The molecule has 2 nitrogen and oxygen atoms in total. The molecule has 0 N–H and O–H groups in total. The fraction of sp³-hybridized carbons (Fsp3) is 1.00. The van der Waals surface area contributed by atoms with E-state index >= 15 is 0 Å². The van der Waals surface area contributed by atoms with Crippen LogP contribution in [0.15, 0.2) is 0 Å². The molecule has 66 valence electrons. The van der Waals surface area contributed by atoms with Crippen LogP contribution < -0.4 is 0 Å². The van der Waals surface area contributed by atoms with E-state index in [4.69, 9.17) is 9.31 Å². The monoisotopic (exact) mass is 286 g/mol. The van der Waals surface area contributed by atoms with Gasteiger partial charge in [0.25, 0.3) is 0 Å². The third-order valence-corrected chi connectivity index (χ3v) is 2.13. The first-order valence-electron chi connectivity index (χ1n) is 3.69. The molecule has 0 saturated heterocycles. The van der Waals surface area contributed by atoms with Gasteiger partial charge in [-0.25, -0.2) is 0 Å². The zero-order chi connectivity index (χ0) is 8.36. The Morgan fingerprint density at radius 1 is 0.909 bits per heavy atom. The van der Waals surface area contributed by atoms with E-state index in [1.165, 1.54) is 0 Å². The van der Waals surface area contributed by atoms with Crippen molar-refractivity contribution in [1.29, 1.82) is 0 Å². The molecule has 0 aromatic rings. The molecule has 0 aliphatic heterocycles. The third-order valence-electron chi connectivity index (χ3n) is 1.01. The molecule has 0 fully saturated rings. The molecule has 0 aromatic heterocycles. The van der Waals surface area contributed by atoms with Crippen molar-refractivity contribution in [2.45, 2.75) is 12.8 Å². The van der Waals surface area contributed by atoms with Gasteiger partial charge in [0.1, 0.15) is 0 Å². The highest BCUT2D eigenvalue weighted by molar-refractivity contribution is 9.09. The molecule has 0 unspecified atom stereocenters. The summed E-state index contributed by atoms with van der Waals surface area (Å²) in [7, 11) is 0.431. The maximum absolute atomic E-state index is 5.15. The maximum atomic E-state index is 5.15. The quantitative estimate of drug-likeness (QED) is 0.385. The van der Waals surface area contributed by atoms with Crippen LogP contribution in [0.2, 0.25) is 0 Å². The summed E-state index contributed by atoms with van der Waals surface area (Å²) < 4.78 is 10.3. The van der Waals surface area contributed by atoms with E-state index < -0.39 is 0 Å². The highest BCUT2D eigenvalue weighted by Crippen LogP contribution is 1.90. The lowest BCUT2D eigenvalue weighted by molar-refractivity contribution is 0.223. The molecule has 11 heavy (non-hydrogen) atoms. The number of alkyl halides is 2. The zero-order valence-corrected chi connectivity index (χ0v) is 9.69. The van der Waals surface area contributed by atoms with Crippen LogP contribution in [-0.2, 0) is 9.31 Å². The molecule has 0 spiro atoms. The number of rotatable bonds is 8. The first-order valence-corrected chi connectivity index (χ1v) is 5.93. The first-order chi connectivity index (χ1) is 5.41. The molecule has 0 aliphatic rings. The smallest absolute Gasteiger partial charge is 0.414 e. The van der Waals surface area contributed by atoms with Gasteiger partial charge < -0.3 is 9.31 Å². The molecular weight excluding hydrogens is 275 g/mol. The Morgan fingerprint density at radius 3 is 1.73 bits per heavy atom. The van der Waals surface area contributed by atoms with Gasteiger partial charge in [-0.1, -0.05) is 31.9 Å². The topological polar surface area (TPSA) is 18.5 Å². The van der Waals surface area contributed by atoms with Crippen LogP contribution in [0.3, 0.4) is 0 Å². The summed E-state index contributed by atoms with van der Waals surface area (Å²) in [6, 6.07) is 0. The summed E-state index contributed by atoms with van der Waals surface area (Å²) in [6.07, 6.45) is 2.09. The van der Waals surface area contributed by atoms with Gasteiger partial charge in [0.2, 0.25) is 0 Å². The lowest BCUT2D eigenvalue weighted by Crippen LogP contribution is -2.07. The third kappa shape index (κ3) is 10.9. The van der Waals surface area contributed by atoms with Gasteiger partial charge in [-0.2, -0.15) is 0 Å². The Balaban J connectivity index is 2.69. The molecule has 0 heterocycles. The molecule has 0 atom stereocenters. The van der Waals surface area contributed by atoms with Crippen LogP contribution in [-0.4, -0.2) is 31.6 Å². The van der Waals surface area contributed by atoms with E-state index in [2.05, 4.69) is 31.9 Å². The highest BCUT2D eigenvalue weighted by atomic mass is 79.9. The van der Waals surface area contributed by atoms with Crippen molar-refractivity contribution >= 4 is 39.5 Å². The van der Waals surface area contributed by atoms with E-state index in [9.17, 15) is 0 Å². The highest BCUT2D eigenvalue weighted by Gasteiger charge is 1.91. The molecular formula is C6H13BBr2O2. The first kappa shape index (κ1) is 11.9. The summed E-state index contributed by atoms with van der Waals surface area (Å²) in [5, 5.41) is 1.99. The predicted molar refractivity (Wildman–Crippen MR) is 55.9 cm³/mol. The van der Waals surface area contributed by atoms with Gasteiger partial charge in [0, 0.05) is 23.9 Å². The molecule has 0 aromatic carbocycles. The summed E-state index contributed by atoms with van der Waals surface area (Å²) in [6.45, 7) is 1.55. The molecule has 0 radical (unpaired) electrons. The van der Waals surface area contributed by atoms with Crippen LogP contribution in [0.1, 0.15) is 12.8 Å². The van der Waals surface area contributed by atoms with Crippen molar-refractivity contribution in [1.82, 2.24) is 0 Å². The van der Waals surface area contributed by atoms with Gasteiger partial charge in [-0.3, -0.25) is 0 Å². The van der Waals surface area contributed by atoms with Crippen molar-refractivity contribution in [2.75, 3.05) is 23.9 Å². The Hall–Kier alpha value is 0.945. The van der Waals surface area contributed by atoms with E-state index in [0.717, 1.165) is 36.7 Å². The molecule has 0 saturated carbocycles. The van der Waals surface area contributed by atoms with Gasteiger partial charge >= 0.3 is 7.69 Å². The van der Waals surface area contributed by atoms with E-state index in [0.29, 0.717) is 7.69 Å². The van der Waals surface area contributed by atoms with Crippen LogP contribution in [0.4, 0.5) is 0 Å². The zero-order valence-electron chi connectivity index (χ0n) is 6.52. The molecule has 5 heteroatoms. The lowest BCUT2D eigenvalue weighted by atomic mass is 10.3. The van der Waals surface area contributed by atoms with E-state index in [-0.39, 0.29) is 0 Å². The molecule has 0 bridgehead atoms. The number of hydrogen-bond acceptors (Lipinski definition) is 2. The summed E-state index contributed by atoms with van der Waals surface area (Å²) >= 11 is 6.63. The van der Waals surface area contributed by atoms with Crippen molar-refractivity contribution in [3.05, 3.63) is 0 Å². The summed E-state index contributed by atoms with van der Waals surface area (Å²) in [5.74, 6) is 0. The Labute approximate surface area is 85.6 Å². The lowest BCUT2D eigenvalue weighted by Gasteiger charge is -2.01. The molecule has 0 aliphatic carbocycles. The van der Waals surface area contributed by atoms with Crippen LogP contribution in [0, 0.1) is 0 Å². The Morgan fingerprint density at radius 2 is 1.36 bits per heavy atom. The second-order valence-corrected chi connectivity index (χ2v) is 3.61. The van der Waals surface area contributed by atoms with Crippen molar-refractivity contribution in [3.63, 3.8) is 0 Å². The second-order valence-electron chi connectivity index (χ2n) is 2.02. The maximum Gasteiger partial charge on any atom is 0.438 e. The number of halogens is 2. The van der Waals surface area contributed by atoms with Crippen molar-refractivity contribution in [3.8, 4) is 0 Å². The van der Waals surface area contributed by atoms with E-state index in [1.807, 2.05) is 0 Å². The van der Waals surface area contributed by atoms with Crippen molar-refractivity contribution in [2.24, 2.45) is 0 Å². The fourth-order valence-electron chi connectivity index (χ4n) is 0.490. The summed E-state index contributed by atoms with van der Waals surface area (Å²) in [4.78, 5) is 0. The minimum atomic E-state index is 0.431. The minimum Gasteiger partial charge on any atom is -0.414 e. The minimum absolute atomic E-state index is 0.431. The summed E-state index contributed by atoms with van der Waals surface area (Å²) in [5.41, 5.74) is 0. The second kappa shape index (κ2) is 10.9. The molecule has 0 amide bonds. The van der Waals surface area contributed by atoms with Crippen LogP contribution >= 0.6 is 31.9 Å².